The smallest absolute Gasteiger partial charge is 0.379 e. The Labute approximate surface area is 125 Å². The second-order valence-corrected chi connectivity index (χ2v) is 4.29. The zero-order valence-electron chi connectivity index (χ0n) is 11.3. The van der Waals surface area contributed by atoms with E-state index in [0.29, 0.717) is 5.69 Å². The maximum Gasteiger partial charge on any atom is 0.379 e. The molecule has 2 heterocycles. The Morgan fingerprint density at radius 2 is 1.55 bits per heavy atom. The van der Waals surface area contributed by atoms with Gasteiger partial charge in [0.1, 0.15) is 0 Å². The van der Waals surface area contributed by atoms with Crippen LogP contribution in [0.1, 0.15) is 21.1 Å². The van der Waals surface area contributed by atoms with Crippen LogP contribution in [0.5, 0.6) is 5.75 Å². The van der Waals surface area contributed by atoms with Crippen LogP contribution in [0.2, 0.25) is 0 Å². The summed E-state index contributed by atoms with van der Waals surface area (Å²) in [5, 5.41) is 2.62. The zero-order valence-corrected chi connectivity index (χ0v) is 11.3. The SMILES string of the molecule is O=C(Nc1ccccc1OC(=O)c1ccco1)c1ccco1. The Hall–Kier alpha value is -3.28. The Bertz CT molecular complexity index is 707. The number of amides is 1. The number of carbonyl (C=O) groups excluding carboxylic acids is 2. The number of hydrogen-bond acceptors (Lipinski definition) is 5. The first-order chi connectivity index (χ1) is 10.7. The van der Waals surface area contributed by atoms with Gasteiger partial charge in [-0.3, -0.25) is 4.79 Å². The second kappa shape index (κ2) is 6.01. The monoisotopic (exact) mass is 297 g/mol. The van der Waals surface area contributed by atoms with Gasteiger partial charge in [-0.15, -0.1) is 0 Å². The molecule has 0 spiro atoms. The summed E-state index contributed by atoms with van der Waals surface area (Å²) in [6.45, 7) is 0. The van der Waals surface area contributed by atoms with Crippen molar-refractivity contribution in [1.29, 1.82) is 0 Å². The quantitative estimate of drug-likeness (QED) is 0.590. The Morgan fingerprint density at radius 3 is 2.23 bits per heavy atom. The van der Waals surface area contributed by atoms with E-state index in [4.69, 9.17) is 13.6 Å². The molecular formula is C16H11NO5. The lowest BCUT2D eigenvalue weighted by Crippen LogP contribution is -2.14. The number of nitrogens with one attached hydrogen (secondary N) is 1. The highest BCUT2D eigenvalue weighted by Crippen LogP contribution is 2.25. The number of esters is 1. The lowest BCUT2D eigenvalue weighted by Gasteiger charge is -2.09. The molecule has 22 heavy (non-hydrogen) atoms. The van der Waals surface area contributed by atoms with E-state index in [9.17, 15) is 9.59 Å². The first-order valence-electron chi connectivity index (χ1n) is 6.43. The predicted molar refractivity (Wildman–Crippen MR) is 76.8 cm³/mol. The molecular weight excluding hydrogens is 286 g/mol. The highest BCUT2D eigenvalue weighted by molar-refractivity contribution is 6.03. The van der Waals surface area contributed by atoms with Crippen LogP contribution in [0, 0.1) is 0 Å². The molecule has 2 aromatic heterocycles. The third-order valence-electron chi connectivity index (χ3n) is 2.81. The van der Waals surface area contributed by atoms with Crippen molar-refractivity contribution in [2.24, 2.45) is 0 Å². The van der Waals surface area contributed by atoms with Gasteiger partial charge in [-0.05, 0) is 36.4 Å². The Balaban J connectivity index is 1.78. The van der Waals surface area contributed by atoms with Gasteiger partial charge in [0.25, 0.3) is 5.91 Å². The number of benzene rings is 1. The van der Waals surface area contributed by atoms with Gasteiger partial charge in [-0.25, -0.2) is 4.79 Å². The first kappa shape index (κ1) is 13.7. The number of furan rings is 2. The fourth-order valence-electron chi connectivity index (χ4n) is 1.80. The minimum absolute atomic E-state index is 0.0761. The molecule has 1 N–H and O–H groups in total. The molecule has 0 radical (unpaired) electrons. The van der Waals surface area contributed by atoms with Crippen LogP contribution in [0.3, 0.4) is 0 Å². The van der Waals surface area contributed by atoms with Crippen molar-refractivity contribution in [3.63, 3.8) is 0 Å². The summed E-state index contributed by atoms with van der Waals surface area (Å²) in [5.41, 5.74) is 0.351. The summed E-state index contributed by atoms with van der Waals surface area (Å²) < 4.78 is 15.2. The highest BCUT2D eigenvalue weighted by Gasteiger charge is 2.16. The maximum atomic E-state index is 12.0. The third-order valence-corrected chi connectivity index (χ3v) is 2.81. The van der Waals surface area contributed by atoms with E-state index in [1.54, 1.807) is 36.4 Å². The van der Waals surface area contributed by atoms with Crippen molar-refractivity contribution in [3.8, 4) is 5.75 Å². The maximum absolute atomic E-state index is 12.0. The van der Waals surface area contributed by atoms with E-state index in [1.807, 2.05) is 0 Å². The standard InChI is InChI=1S/C16H11NO5/c18-15(13-7-3-9-20-13)17-11-5-1-2-6-12(11)22-16(19)14-8-4-10-21-14/h1-10H,(H,17,18). The first-order valence-corrected chi connectivity index (χ1v) is 6.43. The number of para-hydroxylation sites is 2. The van der Waals surface area contributed by atoms with Crippen molar-refractivity contribution >= 4 is 17.6 Å². The van der Waals surface area contributed by atoms with E-state index >= 15 is 0 Å². The molecule has 110 valence electrons. The molecule has 0 unspecified atom stereocenters. The van der Waals surface area contributed by atoms with Gasteiger partial charge in [0, 0.05) is 0 Å². The molecule has 0 saturated carbocycles. The van der Waals surface area contributed by atoms with Crippen molar-refractivity contribution in [1.82, 2.24) is 0 Å². The van der Waals surface area contributed by atoms with Gasteiger partial charge >= 0.3 is 5.97 Å². The van der Waals surface area contributed by atoms with Crippen LogP contribution in [0.25, 0.3) is 0 Å². The topological polar surface area (TPSA) is 81.7 Å². The zero-order chi connectivity index (χ0) is 15.4. The summed E-state index contributed by atoms with van der Waals surface area (Å²) in [5.74, 6) is -0.640. The molecule has 0 aliphatic heterocycles. The summed E-state index contributed by atoms with van der Waals surface area (Å²) in [6.07, 6.45) is 2.78. The molecule has 0 aliphatic rings. The largest absolute Gasteiger partial charge is 0.459 e. The van der Waals surface area contributed by atoms with Crippen LogP contribution in [-0.2, 0) is 0 Å². The lowest BCUT2D eigenvalue weighted by molar-refractivity contribution is 0.0701. The van der Waals surface area contributed by atoms with E-state index < -0.39 is 11.9 Å². The molecule has 0 saturated heterocycles. The molecule has 0 aliphatic carbocycles. The predicted octanol–water partition coefficient (Wildman–Crippen LogP) is 3.34. The minimum Gasteiger partial charge on any atom is -0.459 e. The Kier molecular flexibility index (Phi) is 3.74. The van der Waals surface area contributed by atoms with E-state index in [1.165, 1.54) is 24.7 Å². The van der Waals surface area contributed by atoms with E-state index in [2.05, 4.69) is 5.32 Å². The molecule has 0 fully saturated rings. The average Bonchev–Trinajstić information content (AvgIpc) is 3.23. The van der Waals surface area contributed by atoms with Gasteiger partial charge in [0.2, 0.25) is 5.76 Å². The molecule has 6 heteroatoms. The van der Waals surface area contributed by atoms with Crippen molar-refractivity contribution < 1.29 is 23.2 Å². The van der Waals surface area contributed by atoms with Crippen LogP contribution < -0.4 is 10.1 Å². The van der Waals surface area contributed by atoms with Gasteiger partial charge < -0.3 is 18.9 Å². The lowest BCUT2D eigenvalue weighted by atomic mass is 10.3. The molecule has 1 aromatic carbocycles. The number of carbonyl (C=O) groups is 2. The molecule has 3 rings (SSSR count). The fraction of sp³-hybridized carbons (Fsp3) is 0. The van der Waals surface area contributed by atoms with Crippen LogP contribution >= 0.6 is 0 Å². The van der Waals surface area contributed by atoms with Gasteiger partial charge in [0.15, 0.2) is 11.5 Å². The minimum atomic E-state index is -0.648. The summed E-state index contributed by atoms with van der Waals surface area (Å²) in [4.78, 5) is 23.9. The average molecular weight is 297 g/mol. The van der Waals surface area contributed by atoms with Crippen molar-refractivity contribution in [2.45, 2.75) is 0 Å². The molecule has 1 amide bonds. The number of hydrogen-bond donors (Lipinski definition) is 1. The normalized spacial score (nSPS) is 10.2. The summed E-state index contributed by atoms with van der Waals surface area (Å²) >= 11 is 0. The third kappa shape index (κ3) is 2.90. The second-order valence-electron chi connectivity index (χ2n) is 4.29. The van der Waals surface area contributed by atoms with Gasteiger partial charge in [-0.1, -0.05) is 12.1 Å². The molecule has 0 atom stereocenters. The summed E-state index contributed by atoms with van der Waals surface area (Å²) in [7, 11) is 0. The molecule has 3 aromatic rings. The molecule has 0 bridgehead atoms. The Morgan fingerprint density at radius 1 is 0.864 bits per heavy atom. The fourth-order valence-corrected chi connectivity index (χ4v) is 1.80. The van der Waals surface area contributed by atoms with Crippen LogP contribution in [0.15, 0.2) is 69.9 Å². The van der Waals surface area contributed by atoms with Crippen molar-refractivity contribution in [3.05, 3.63) is 72.6 Å². The van der Waals surface area contributed by atoms with Crippen LogP contribution in [0.4, 0.5) is 5.69 Å². The molecule has 6 nitrogen and oxygen atoms in total. The highest BCUT2D eigenvalue weighted by atomic mass is 16.5. The van der Waals surface area contributed by atoms with E-state index in [-0.39, 0.29) is 17.3 Å². The number of ether oxygens (including phenoxy) is 1. The van der Waals surface area contributed by atoms with Crippen molar-refractivity contribution in [2.75, 3.05) is 5.32 Å². The van der Waals surface area contributed by atoms with Gasteiger partial charge in [0.05, 0.1) is 18.2 Å². The van der Waals surface area contributed by atoms with E-state index in [0.717, 1.165) is 0 Å². The van der Waals surface area contributed by atoms with Gasteiger partial charge in [-0.2, -0.15) is 0 Å². The number of rotatable bonds is 4. The van der Waals surface area contributed by atoms with Crippen LogP contribution in [-0.4, -0.2) is 11.9 Å². The summed E-state index contributed by atoms with van der Waals surface area (Å²) in [6, 6.07) is 12.8. The number of anilines is 1.